The molecule has 1 aliphatic carbocycles. The molecule has 12 aromatic carbocycles. The van der Waals surface area contributed by atoms with Crippen molar-refractivity contribution in [3.63, 3.8) is 0 Å². The summed E-state index contributed by atoms with van der Waals surface area (Å²) >= 11 is 0. The van der Waals surface area contributed by atoms with Crippen LogP contribution >= 0.6 is 0 Å². The molecule has 0 spiro atoms. The first-order valence-electron chi connectivity index (χ1n) is 50.7. The number of ketones is 4. The first-order valence-corrected chi connectivity index (χ1v) is 50.7. The van der Waals surface area contributed by atoms with Crippen LogP contribution in [0.1, 0.15) is 240 Å². The van der Waals surface area contributed by atoms with Crippen molar-refractivity contribution >= 4 is 116 Å². The maximum Gasteiger partial charge on any atom is 0.228 e. The molecule has 148 heavy (non-hydrogen) atoms. The molecule has 0 amide bonds. The molecule has 21 heteroatoms. The highest BCUT2D eigenvalue weighted by Crippen LogP contribution is 2.54. The number of rotatable bonds is 18. The number of hydrogen-bond donors (Lipinski definition) is 0. The van der Waals surface area contributed by atoms with Crippen LogP contribution in [0.15, 0.2) is 176 Å². The number of ether oxygens (including phenoxy) is 9. The van der Waals surface area contributed by atoms with E-state index in [4.69, 9.17) is 64.2 Å². The van der Waals surface area contributed by atoms with Crippen LogP contribution in [-0.4, -0.2) is 98.5 Å². The zero-order valence-corrected chi connectivity index (χ0v) is 88.1. The van der Waals surface area contributed by atoms with Gasteiger partial charge in [-0.1, -0.05) is 54.2 Å². The summed E-state index contributed by atoms with van der Waals surface area (Å²) in [6, 6.07) is 48.4. The van der Waals surface area contributed by atoms with Crippen molar-refractivity contribution in [2.24, 2.45) is 5.92 Å². The molecule has 4 aromatic heterocycles. The van der Waals surface area contributed by atoms with Crippen LogP contribution in [0, 0.1) is 81.3 Å². The van der Waals surface area contributed by atoms with Crippen LogP contribution in [0.3, 0.4) is 0 Å². The second-order valence-corrected chi connectivity index (χ2v) is 42.8. The molecule has 0 unspecified atom stereocenters. The third-order valence-corrected chi connectivity index (χ3v) is 27.3. The lowest BCUT2D eigenvalue weighted by Crippen LogP contribution is -2.27. The van der Waals surface area contributed by atoms with E-state index in [0.29, 0.717) is 85.3 Å². The van der Waals surface area contributed by atoms with Gasteiger partial charge >= 0.3 is 0 Å². The fourth-order valence-electron chi connectivity index (χ4n) is 21.2. The number of hydrogen-bond acceptors (Lipinski definition) is 17. The van der Waals surface area contributed by atoms with Gasteiger partial charge in [0, 0.05) is 128 Å². The average Bonchev–Trinajstić information content (AvgIpc) is 0.881. The highest BCUT2D eigenvalue weighted by Gasteiger charge is 2.39. The van der Waals surface area contributed by atoms with E-state index in [1.165, 1.54) is 43.4 Å². The summed E-state index contributed by atoms with van der Waals surface area (Å²) in [4.78, 5) is 75.2. The molecule has 8 heterocycles. The largest absolute Gasteiger partial charge is 0.504 e. The predicted molar refractivity (Wildman–Crippen MR) is 581 cm³/mol. The lowest BCUT2D eigenvalue weighted by atomic mass is 9.84. The van der Waals surface area contributed by atoms with Gasteiger partial charge in [0.15, 0.2) is 23.1 Å². The molecule has 0 N–H and O–H groups in total. The number of halogens is 3. The standard InChI is InChI=1S/C34H33NO3.C32H32N2O4.C32H31NO3.C29H26F3NO3/c1-20-18-25-19-23(9-8-22-6-7-22)10-11-26(25)31(29(20)33(21(2)36)38-34(3,4)5)27-12-13-28-30-24(15-17-37-28)14-16-35-32(27)30;1-8-36-31-23-17-18(2)26(30(19(3)35)38-32(4,5)6)28(21(23)9-11-24(31)33-7)22-10-12-25-27-20(14-16-37-25)13-15-34-29(22)27;1-7-8-21-9-10-24-23(18-21)17-19(2)27(31(20(3)34)36-32(4,5)6)29(24)25-11-12-26-28-22(14-16-35-26)13-15-33-30(25)28;1-14-22(28(15(2)34)36-29(3,4)5)24(19-12-17(30)13-20(31)25(19)26(14)32)18-6-7-21-23-16(9-11-35-21)8-10-33-27(18)23/h10-14,16,18-19,22,33H,6-7,15,17H2,1-5H3;9-13,15,17,30H,8,14,16H2,1-6H3;9-13,15,17-18,31H,14,16H2,1-6H3;6-8,10,12-13,28H,9,11H2,1-5H3/t33-;30-;31-;28-/m1111/s1. The van der Waals surface area contributed by atoms with Gasteiger partial charge < -0.3 is 42.6 Å². The van der Waals surface area contributed by atoms with Gasteiger partial charge in [-0.15, -0.1) is 5.92 Å². The van der Waals surface area contributed by atoms with E-state index in [9.17, 15) is 23.6 Å². The van der Waals surface area contributed by atoms with Crippen LogP contribution < -0.4 is 23.7 Å². The Balaban J connectivity index is 0.000000129. The molecule has 4 aliphatic heterocycles. The number of fused-ring (bicyclic) bond motifs is 4. The summed E-state index contributed by atoms with van der Waals surface area (Å²) in [5.41, 5.74) is 20.2. The first-order chi connectivity index (χ1) is 70.5. The van der Waals surface area contributed by atoms with Gasteiger partial charge in [0.05, 0.1) is 89.5 Å². The maximum atomic E-state index is 15.7. The second kappa shape index (κ2) is 41.2. The van der Waals surface area contributed by atoms with Crippen molar-refractivity contribution in [2.45, 2.75) is 238 Å². The van der Waals surface area contributed by atoms with Crippen LogP contribution in [0.2, 0.25) is 0 Å². The number of carbonyl (C=O) groups excluding carboxylic acids is 4. The van der Waals surface area contributed by atoms with Crippen LogP contribution in [-0.2, 0) is 63.8 Å². The Morgan fingerprint density at radius 3 is 1.10 bits per heavy atom. The number of aromatic nitrogens is 4. The van der Waals surface area contributed by atoms with Gasteiger partial charge in [0.1, 0.15) is 70.6 Å². The molecule has 18 nitrogen and oxygen atoms in total. The number of Topliss-reactive ketones (excluding diaryl/α,β-unsaturated/α-hetero) is 4. The molecule has 1 fully saturated rings. The Morgan fingerprint density at radius 1 is 0.412 bits per heavy atom. The summed E-state index contributed by atoms with van der Waals surface area (Å²) in [6.07, 6.45) is 9.49. The number of pyridine rings is 4. The molecule has 16 aromatic rings. The molecule has 4 atom stereocenters. The van der Waals surface area contributed by atoms with Crippen LogP contribution in [0.4, 0.5) is 18.9 Å². The first kappa shape index (κ1) is 103. The predicted octanol–water partition coefficient (Wildman–Crippen LogP) is 29.5. The van der Waals surface area contributed by atoms with Gasteiger partial charge in [-0.05, 0) is 390 Å². The monoisotopic (exact) mass is 1980 g/mol. The summed E-state index contributed by atoms with van der Waals surface area (Å²) < 4.78 is 101. The maximum absolute atomic E-state index is 15.7. The molecule has 0 radical (unpaired) electrons. The van der Waals surface area contributed by atoms with Gasteiger partial charge in [-0.25, -0.2) is 18.0 Å². The van der Waals surface area contributed by atoms with E-state index in [1.54, 1.807) is 65.9 Å². The SMILES string of the molecule is CC#Cc1ccc2c(-c3ccc4c5c(ccnc35)CCO4)c([C@H](OC(C)(C)C)C(C)=O)c(C)cc2c1.CC(=O)[C@@H](OC(C)(C)C)c1c(C)c(F)c2c(F)cc(F)cc2c1-c1ccc2c3c(ccnc13)CCO2.CC(=O)[C@@H](OC(C)(C)C)c1c(C)cc2cc(C#CC3CC3)ccc2c1-c1ccc2c3c(ccnc13)CCO2.[C-]#[N+]c1ccc2c(-c3ccc4c5c(ccnc35)CCO4)c([C@H](OC(C)(C)C)C(C)=O)c(C)cc2c1OCC. The molecule has 754 valence electrons. The topological polar surface area (TPSA) is 207 Å². The van der Waals surface area contributed by atoms with Gasteiger partial charge in [-0.2, -0.15) is 0 Å². The van der Waals surface area contributed by atoms with Crippen molar-refractivity contribution in [1.29, 1.82) is 0 Å². The van der Waals surface area contributed by atoms with Gasteiger partial charge in [0.2, 0.25) is 5.69 Å². The minimum absolute atomic E-state index is 0.00795. The van der Waals surface area contributed by atoms with Crippen molar-refractivity contribution in [3.8, 4) is 96.9 Å². The Hall–Kier alpha value is -14.8. The lowest BCUT2D eigenvalue weighted by Gasteiger charge is -2.30. The smallest absolute Gasteiger partial charge is 0.228 e. The van der Waals surface area contributed by atoms with E-state index in [-0.39, 0.29) is 45.0 Å². The van der Waals surface area contributed by atoms with Crippen molar-refractivity contribution in [3.05, 3.63) is 283 Å². The minimum Gasteiger partial charge on any atom is -0.504 e. The van der Waals surface area contributed by atoms with E-state index >= 15 is 8.78 Å². The third-order valence-electron chi connectivity index (χ3n) is 27.3. The van der Waals surface area contributed by atoms with Crippen LogP contribution in [0.25, 0.3) is 136 Å². The Labute approximate surface area is 862 Å². The normalized spacial score (nSPS) is 14.3. The van der Waals surface area contributed by atoms with Gasteiger partial charge in [-0.3, -0.25) is 39.1 Å². The Bertz CT molecular complexity index is 8330. The zero-order valence-electron chi connectivity index (χ0n) is 88.1. The summed E-state index contributed by atoms with van der Waals surface area (Å²) in [6.45, 7) is 51.3. The minimum atomic E-state index is -1.17. The quantitative estimate of drug-likeness (QED) is 0.0578. The summed E-state index contributed by atoms with van der Waals surface area (Å²) in [5, 5.41) is 9.52. The molecule has 0 bridgehead atoms. The fourth-order valence-corrected chi connectivity index (χ4v) is 21.2. The summed E-state index contributed by atoms with van der Waals surface area (Å²) in [5.74, 6) is 14.0. The highest BCUT2D eigenvalue weighted by atomic mass is 19.1. The number of nitrogens with zero attached hydrogens (tertiary/aromatic N) is 5. The van der Waals surface area contributed by atoms with E-state index in [0.717, 1.165) is 196 Å². The van der Waals surface area contributed by atoms with E-state index in [1.807, 2.05) is 156 Å². The number of carbonyl (C=O) groups is 4. The average molecular weight is 1980 g/mol. The molecule has 21 rings (SSSR count). The zero-order chi connectivity index (χ0) is 105. The second-order valence-electron chi connectivity index (χ2n) is 42.8. The molecule has 1 saturated carbocycles. The third kappa shape index (κ3) is 20.7. The molecule has 5 aliphatic rings. The van der Waals surface area contributed by atoms with Crippen molar-refractivity contribution in [2.75, 3.05) is 33.0 Å². The Morgan fingerprint density at radius 2 is 0.757 bits per heavy atom. The van der Waals surface area contributed by atoms with Gasteiger partial charge in [0.25, 0.3) is 0 Å². The Kier molecular flexibility index (Phi) is 28.7. The highest BCUT2D eigenvalue weighted by molar-refractivity contribution is 6.15. The molecule has 0 saturated heterocycles. The number of aryl methyl sites for hydroxylation is 3. The van der Waals surface area contributed by atoms with Crippen LogP contribution in [0.5, 0.6) is 28.7 Å². The molecular formula is C127H122F3N5O13. The van der Waals surface area contributed by atoms with E-state index < -0.39 is 64.3 Å². The lowest BCUT2D eigenvalue weighted by molar-refractivity contribution is -0.139. The van der Waals surface area contributed by atoms with Crippen molar-refractivity contribution < 1.29 is 75.0 Å². The molecular weight excluding hydrogens is 1860 g/mol. The van der Waals surface area contributed by atoms with E-state index in [2.05, 4.69) is 114 Å². The van der Waals surface area contributed by atoms with Crippen molar-refractivity contribution in [1.82, 2.24) is 19.9 Å². The fraction of sp³-hybridized carbons (Fsp3) is 0.331. The number of benzene rings is 12. The summed E-state index contributed by atoms with van der Waals surface area (Å²) in [7, 11) is 0.